The predicted molar refractivity (Wildman–Crippen MR) is 82.8 cm³/mol. The number of quaternary nitrogens is 1. The molecule has 1 heterocycles. The number of nitrogens with one attached hydrogen (secondary N) is 2. The van der Waals surface area contributed by atoms with E-state index in [1.807, 2.05) is 32.9 Å². The number of benzene rings is 1. The summed E-state index contributed by atoms with van der Waals surface area (Å²) in [7, 11) is 0. The molecule has 110 valence electrons. The minimum atomic E-state index is -0.351. The van der Waals surface area contributed by atoms with E-state index in [4.69, 9.17) is 0 Å². The summed E-state index contributed by atoms with van der Waals surface area (Å²) in [4.78, 5) is 13.6. The quantitative estimate of drug-likeness (QED) is 0.871. The molecule has 3 heteroatoms. The van der Waals surface area contributed by atoms with Crippen LogP contribution in [0.25, 0.3) is 0 Å². The topological polar surface area (TPSA) is 33.5 Å². The summed E-state index contributed by atoms with van der Waals surface area (Å²) in [6.45, 7) is 9.47. The number of piperidine rings is 1. The Bertz CT molecular complexity index is 439. The van der Waals surface area contributed by atoms with Gasteiger partial charge in [0.05, 0.1) is 13.1 Å². The summed E-state index contributed by atoms with van der Waals surface area (Å²) in [5.74, 6) is 0.0619. The average molecular weight is 275 g/mol. The van der Waals surface area contributed by atoms with Gasteiger partial charge in [-0.1, -0.05) is 32.9 Å². The highest BCUT2D eigenvalue weighted by molar-refractivity contribution is 5.94. The molecule has 20 heavy (non-hydrogen) atoms. The summed E-state index contributed by atoms with van der Waals surface area (Å²) >= 11 is 0. The van der Waals surface area contributed by atoms with Gasteiger partial charge in [-0.3, -0.25) is 4.79 Å². The van der Waals surface area contributed by atoms with Gasteiger partial charge in [0.1, 0.15) is 6.54 Å². The van der Waals surface area contributed by atoms with Crippen molar-refractivity contribution >= 4 is 11.6 Å². The second-order valence-electron chi connectivity index (χ2n) is 6.89. The van der Waals surface area contributed by atoms with Crippen LogP contribution in [0, 0.1) is 5.41 Å². The number of carbonyl (C=O) groups excluding carboxylic acids is 1. The first-order valence-electron chi connectivity index (χ1n) is 7.69. The molecule has 0 spiro atoms. The summed E-state index contributed by atoms with van der Waals surface area (Å²) < 4.78 is 0. The maximum absolute atomic E-state index is 11.9. The molecule has 0 radical (unpaired) electrons. The highest BCUT2D eigenvalue weighted by Gasteiger charge is 2.21. The van der Waals surface area contributed by atoms with Crippen LogP contribution in [0.5, 0.6) is 0 Å². The fourth-order valence-corrected chi connectivity index (χ4v) is 2.54. The molecule has 0 aliphatic carbocycles. The van der Waals surface area contributed by atoms with Crippen molar-refractivity contribution in [3.63, 3.8) is 0 Å². The number of amides is 1. The lowest BCUT2D eigenvalue weighted by atomic mass is 9.95. The van der Waals surface area contributed by atoms with E-state index >= 15 is 0 Å². The van der Waals surface area contributed by atoms with Crippen molar-refractivity contribution < 1.29 is 9.69 Å². The average Bonchev–Trinajstić information content (AvgIpc) is 2.41. The molecular weight excluding hydrogens is 248 g/mol. The monoisotopic (exact) mass is 275 g/mol. The van der Waals surface area contributed by atoms with Gasteiger partial charge < -0.3 is 10.2 Å². The van der Waals surface area contributed by atoms with Gasteiger partial charge in [0, 0.05) is 16.7 Å². The van der Waals surface area contributed by atoms with Crippen LogP contribution in [0.1, 0.15) is 45.6 Å². The lowest BCUT2D eigenvalue weighted by Crippen LogP contribution is -3.11. The second kappa shape index (κ2) is 6.40. The third-order valence-corrected chi connectivity index (χ3v) is 3.91. The first kappa shape index (κ1) is 15.0. The lowest BCUT2D eigenvalue weighted by Gasteiger charge is -2.23. The molecule has 1 aromatic rings. The van der Waals surface area contributed by atoms with Gasteiger partial charge in [0.25, 0.3) is 0 Å². The normalized spacial score (nSPS) is 16.9. The van der Waals surface area contributed by atoms with Crippen LogP contribution < -0.4 is 10.2 Å². The fourth-order valence-electron chi connectivity index (χ4n) is 2.54. The van der Waals surface area contributed by atoms with Gasteiger partial charge in [0.15, 0.2) is 0 Å². The molecule has 0 aromatic heterocycles. The van der Waals surface area contributed by atoms with Crippen LogP contribution >= 0.6 is 0 Å². The Morgan fingerprint density at radius 3 is 2.25 bits per heavy atom. The van der Waals surface area contributed by atoms with E-state index in [0.29, 0.717) is 0 Å². The van der Waals surface area contributed by atoms with Gasteiger partial charge in [-0.05, 0) is 31.4 Å². The molecule has 0 saturated carbocycles. The molecule has 1 fully saturated rings. The summed E-state index contributed by atoms with van der Waals surface area (Å²) in [5.41, 5.74) is 1.90. The second-order valence-corrected chi connectivity index (χ2v) is 6.89. The Morgan fingerprint density at radius 2 is 1.70 bits per heavy atom. The highest BCUT2D eigenvalue weighted by Crippen LogP contribution is 2.17. The maximum atomic E-state index is 11.9. The largest absolute Gasteiger partial charge is 0.331 e. The summed E-state index contributed by atoms with van der Waals surface area (Å²) in [6, 6.07) is 8.31. The van der Waals surface area contributed by atoms with Crippen molar-refractivity contribution in [2.75, 3.05) is 18.4 Å². The molecule has 0 bridgehead atoms. The molecule has 1 saturated heterocycles. The highest BCUT2D eigenvalue weighted by atomic mass is 16.2. The number of hydrogen-bond donors (Lipinski definition) is 2. The van der Waals surface area contributed by atoms with E-state index < -0.39 is 0 Å². The maximum Gasteiger partial charge on any atom is 0.229 e. The third kappa shape index (κ3) is 4.34. The Kier molecular flexibility index (Phi) is 4.81. The van der Waals surface area contributed by atoms with Crippen molar-refractivity contribution in [3.8, 4) is 0 Å². The number of anilines is 1. The Balaban J connectivity index is 1.91. The molecule has 1 aliphatic heterocycles. The molecule has 3 nitrogen and oxygen atoms in total. The Morgan fingerprint density at radius 1 is 1.10 bits per heavy atom. The zero-order chi connectivity index (χ0) is 14.6. The minimum absolute atomic E-state index is 0.0619. The van der Waals surface area contributed by atoms with Crippen molar-refractivity contribution in [2.24, 2.45) is 5.41 Å². The van der Waals surface area contributed by atoms with E-state index in [2.05, 4.69) is 17.4 Å². The van der Waals surface area contributed by atoms with Crippen LogP contribution in [-0.2, 0) is 11.3 Å². The number of carbonyl (C=O) groups is 1. The van der Waals surface area contributed by atoms with E-state index in [9.17, 15) is 4.79 Å². The molecule has 2 N–H and O–H groups in total. The molecule has 1 amide bonds. The summed E-state index contributed by atoms with van der Waals surface area (Å²) in [5, 5.41) is 2.97. The number of likely N-dealkylation sites (tertiary alicyclic amines) is 1. The van der Waals surface area contributed by atoms with E-state index in [-0.39, 0.29) is 11.3 Å². The first-order valence-corrected chi connectivity index (χ1v) is 7.69. The molecule has 2 rings (SSSR count). The number of hydrogen-bond acceptors (Lipinski definition) is 1. The SMILES string of the molecule is CC(C)(C)C(=O)Nc1ccc(C[NH+]2CCCCC2)cc1. The van der Waals surface area contributed by atoms with Crippen LogP contribution in [0.15, 0.2) is 24.3 Å². The van der Waals surface area contributed by atoms with Crippen LogP contribution in [0.2, 0.25) is 0 Å². The minimum Gasteiger partial charge on any atom is -0.331 e. The lowest BCUT2D eigenvalue weighted by molar-refractivity contribution is -0.918. The van der Waals surface area contributed by atoms with Gasteiger partial charge in [0.2, 0.25) is 5.91 Å². The smallest absolute Gasteiger partial charge is 0.229 e. The molecule has 1 aliphatic rings. The van der Waals surface area contributed by atoms with Gasteiger partial charge >= 0.3 is 0 Å². The predicted octanol–water partition coefficient (Wildman–Crippen LogP) is 2.24. The van der Waals surface area contributed by atoms with Crippen LogP contribution in [-0.4, -0.2) is 19.0 Å². The summed E-state index contributed by atoms with van der Waals surface area (Å²) in [6.07, 6.45) is 4.10. The zero-order valence-corrected chi connectivity index (χ0v) is 13.0. The van der Waals surface area contributed by atoms with Crippen molar-refractivity contribution in [1.82, 2.24) is 0 Å². The molecule has 1 aromatic carbocycles. The third-order valence-electron chi connectivity index (χ3n) is 3.91. The van der Waals surface area contributed by atoms with Crippen molar-refractivity contribution in [1.29, 1.82) is 0 Å². The first-order chi connectivity index (χ1) is 9.45. The van der Waals surface area contributed by atoms with Crippen LogP contribution in [0.3, 0.4) is 0 Å². The Hall–Kier alpha value is -1.35. The van der Waals surface area contributed by atoms with Crippen molar-refractivity contribution in [3.05, 3.63) is 29.8 Å². The van der Waals surface area contributed by atoms with Gasteiger partial charge in [-0.25, -0.2) is 0 Å². The number of rotatable bonds is 3. The standard InChI is InChI=1S/C17H26N2O/c1-17(2,3)16(20)18-15-9-7-14(8-10-15)13-19-11-5-4-6-12-19/h7-10H,4-6,11-13H2,1-3H3,(H,18,20)/p+1. The zero-order valence-electron chi connectivity index (χ0n) is 13.0. The van der Waals surface area contributed by atoms with E-state index in [1.165, 1.54) is 37.9 Å². The fraction of sp³-hybridized carbons (Fsp3) is 0.588. The van der Waals surface area contributed by atoms with Gasteiger partial charge in [-0.2, -0.15) is 0 Å². The van der Waals surface area contributed by atoms with E-state index in [0.717, 1.165) is 12.2 Å². The van der Waals surface area contributed by atoms with Crippen molar-refractivity contribution in [2.45, 2.75) is 46.6 Å². The molecule has 0 atom stereocenters. The molecular formula is C17H27N2O+. The van der Waals surface area contributed by atoms with Crippen LogP contribution in [0.4, 0.5) is 5.69 Å². The Labute approximate surface area is 122 Å². The molecule has 0 unspecified atom stereocenters. The van der Waals surface area contributed by atoms with E-state index in [1.54, 1.807) is 4.90 Å². The van der Waals surface area contributed by atoms with Gasteiger partial charge in [-0.15, -0.1) is 0 Å².